The number of pyridine rings is 1. The Morgan fingerprint density at radius 1 is 1.60 bits per heavy atom. The quantitative estimate of drug-likeness (QED) is 0.745. The predicted molar refractivity (Wildman–Crippen MR) is 62.1 cm³/mol. The molecule has 0 bridgehead atoms. The van der Waals surface area contributed by atoms with Gasteiger partial charge in [-0.05, 0) is 31.5 Å². The third-order valence-corrected chi connectivity index (χ3v) is 2.09. The molecule has 4 nitrogen and oxygen atoms in total. The van der Waals surface area contributed by atoms with E-state index in [0.717, 1.165) is 18.1 Å². The highest BCUT2D eigenvalue weighted by Gasteiger charge is 2.04. The predicted octanol–water partition coefficient (Wildman–Crippen LogP) is 1.49. The van der Waals surface area contributed by atoms with E-state index in [2.05, 4.69) is 17.2 Å². The van der Waals surface area contributed by atoms with Crippen LogP contribution in [0.2, 0.25) is 0 Å². The van der Waals surface area contributed by atoms with Crippen LogP contribution in [0.5, 0.6) is 5.75 Å². The maximum absolute atomic E-state index is 5.54. The lowest BCUT2D eigenvalue weighted by Crippen LogP contribution is -2.20. The summed E-state index contributed by atoms with van der Waals surface area (Å²) >= 11 is 0. The van der Waals surface area contributed by atoms with Crippen molar-refractivity contribution in [3.8, 4) is 5.75 Å². The molecular weight excluding hydrogens is 190 g/mol. The second-order valence-electron chi connectivity index (χ2n) is 3.50. The molecule has 0 amide bonds. The van der Waals surface area contributed by atoms with Crippen LogP contribution in [0.4, 0.5) is 5.82 Å². The lowest BCUT2D eigenvalue weighted by atomic mass is 10.2. The van der Waals surface area contributed by atoms with Crippen molar-refractivity contribution in [2.24, 2.45) is 11.7 Å². The van der Waals surface area contributed by atoms with Gasteiger partial charge in [0.15, 0.2) is 11.6 Å². The summed E-state index contributed by atoms with van der Waals surface area (Å²) in [6, 6.07) is 3.77. The Balaban J connectivity index is 2.58. The summed E-state index contributed by atoms with van der Waals surface area (Å²) in [6.45, 7) is 6.18. The molecule has 0 aromatic carbocycles. The summed E-state index contributed by atoms with van der Waals surface area (Å²) in [7, 11) is 0. The van der Waals surface area contributed by atoms with Crippen LogP contribution in [-0.4, -0.2) is 24.7 Å². The van der Waals surface area contributed by atoms with E-state index < -0.39 is 0 Å². The molecule has 1 atom stereocenters. The summed E-state index contributed by atoms with van der Waals surface area (Å²) in [5.41, 5.74) is 5.54. The van der Waals surface area contributed by atoms with Crippen molar-refractivity contribution >= 4 is 5.82 Å². The zero-order valence-electron chi connectivity index (χ0n) is 9.36. The highest BCUT2D eigenvalue weighted by molar-refractivity contribution is 5.49. The fourth-order valence-corrected chi connectivity index (χ4v) is 1.15. The minimum atomic E-state index is 0.432. The van der Waals surface area contributed by atoms with Gasteiger partial charge < -0.3 is 15.8 Å². The van der Waals surface area contributed by atoms with Crippen LogP contribution in [-0.2, 0) is 0 Å². The second-order valence-corrected chi connectivity index (χ2v) is 3.50. The van der Waals surface area contributed by atoms with Crippen molar-refractivity contribution in [2.75, 3.05) is 25.0 Å². The Morgan fingerprint density at radius 2 is 2.40 bits per heavy atom. The number of rotatable bonds is 6. The molecule has 0 fully saturated rings. The molecule has 0 aliphatic heterocycles. The van der Waals surface area contributed by atoms with Gasteiger partial charge in [0, 0.05) is 12.7 Å². The SMILES string of the molecule is CCOc1cccnc1NCC(C)CN. The van der Waals surface area contributed by atoms with Crippen molar-refractivity contribution in [1.82, 2.24) is 4.98 Å². The number of anilines is 1. The highest BCUT2D eigenvalue weighted by atomic mass is 16.5. The molecule has 3 N–H and O–H groups in total. The Morgan fingerprint density at radius 3 is 3.07 bits per heavy atom. The minimum absolute atomic E-state index is 0.432. The number of hydrogen-bond acceptors (Lipinski definition) is 4. The Kier molecular flexibility index (Phi) is 4.90. The highest BCUT2D eigenvalue weighted by Crippen LogP contribution is 2.20. The topological polar surface area (TPSA) is 60.2 Å². The van der Waals surface area contributed by atoms with Crippen LogP contribution in [0.15, 0.2) is 18.3 Å². The van der Waals surface area contributed by atoms with Gasteiger partial charge in [0.25, 0.3) is 0 Å². The summed E-state index contributed by atoms with van der Waals surface area (Å²) in [4.78, 5) is 4.23. The first kappa shape index (κ1) is 11.8. The number of aromatic nitrogens is 1. The van der Waals surface area contributed by atoms with Crippen LogP contribution < -0.4 is 15.8 Å². The monoisotopic (exact) mass is 209 g/mol. The summed E-state index contributed by atoms with van der Waals surface area (Å²) in [6.07, 6.45) is 1.75. The van der Waals surface area contributed by atoms with E-state index in [1.807, 2.05) is 19.1 Å². The summed E-state index contributed by atoms with van der Waals surface area (Å²) in [5, 5.41) is 3.23. The maximum atomic E-state index is 5.54. The first-order valence-corrected chi connectivity index (χ1v) is 5.29. The molecule has 1 heterocycles. The van der Waals surface area contributed by atoms with Gasteiger partial charge in [0.1, 0.15) is 0 Å². The third kappa shape index (κ3) is 3.75. The Labute approximate surface area is 90.8 Å². The van der Waals surface area contributed by atoms with Crippen LogP contribution in [0.3, 0.4) is 0 Å². The largest absolute Gasteiger partial charge is 0.490 e. The molecule has 0 spiro atoms. The van der Waals surface area contributed by atoms with Crippen LogP contribution >= 0.6 is 0 Å². The first-order valence-electron chi connectivity index (χ1n) is 5.29. The first-order chi connectivity index (χ1) is 7.27. The van der Waals surface area contributed by atoms with E-state index in [-0.39, 0.29) is 0 Å². The normalized spacial score (nSPS) is 12.2. The Bertz CT molecular complexity index is 291. The standard InChI is InChI=1S/C11H19N3O/c1-3-15-10-5-4-6-13-11(10)14-8-9(2)7-12/h4-6,9H,3,7-8,12H2,1-2H3,(H,13,14). The van der Waals surface area contributed by atoms with Crippen molar-refractivity contribution in [3.63, 3.8) is 0 Å². The molecule has 4 heteroatoms. The zero-order chi connectivity index (χ0) is 11.1. The average Bonchev–Trinajstić information content (AvgIpc) is 2.28. The van der Waals surface area contributed by atoms with Crippen molar-refractivity contribution in [3.05, 3.63) is 18.3 Å². The molecule has 1 rings (SSSR count). The number of nitrogens with zero attached hydrogens (tertiary/aromatic N) is 1. The van der Waals surface area contributed by atoms with E-state index in [1.165, 1.54) is 0 Å². The van der Waals surface area contributed by atoms with E-state index in [4.69, 9.17) is 10.5 Å². The van der Waals surface area contributed by atoms with Gasteiger partial charge in [-0.15, -0.1) is 0 Å². The smallest absolute Gasteiger partial charge is 0.168 e. The van der Waals surface area contributed by atoms with Gasteiger partial charge in [-0.2, -0.15) is 0 Å². The van der Waals surface area contributed by atoms with Crippen molar-refractivity contribution < 1.29 is 4.74 Å². The van der Waals surface area contributed by atoms with Gasteiger partial charge in [0.05, 0.1) is 6.61 Å². The maximum Gasteiger partial charge on any atom is 0.168 e. The molecule has 0 saturated heterocycles. The number of nitrogens with two attached hydrogens (primary N) is 1. The Hall–Kier alpha value is -1.29. The average molecular weight is 209 g/mol. The molecule has 0 aliphatic carbocycles. The molecule has 0 radical (unpaired) electrons. The molecule has 1 aromatic rings. The van der Waals surface area contributed by atoms with Gasteiger partial charge in [-0.25, -0.2) is 4.98 Å². The van der Waals surface area contributed by atoms with Gasteiger partial charge in [-0.1, -0.05) is 6.92 Å². The minimum Gasteiger partial charge on any atom is -0.490 e. The van der Waals surface area contributed by atoms with Crippen molar-refractivity contribution in [1.29, 1.82) is 0 Å². The van der Waals surface area contributed by atoms with E-state index in [9.17, 15) is 0 Å². The van der Waals surface area contributed by atoms with Crippen LogP contribution in [0.25, 0.3) is 0 Å². The van der Waals surface area contributed by atoms with Gasteiger partial charge in [0.2, 0.25) is 0 Å². The lowest BCUT2D eigenvalue weighted by molar-refractivity contribution is 0.340. The number of nitrogens with one attached hydrogen (secondary N) is 1. The van der Waals surface area contributed by atoms with E-state index in [1.54, 1.807) is 6.20 Å². The summed E-state index contributed by atoms with van der Waals surface area (Å²) in [5.74, 6) is 2.02. The molecular formula is C11H19N3O. The van der Waals surface area contributed by atoms with Crippen LogP contribution in [0, 0.1) is 5.92 Å². The van der Waals surface area contributed by atoms with E-state index >= 15 is 0 Å². The van der Waals surface area contributed by atoms with Crippen LogP contribution in [0.1, 0.15) is 13.8 Å². The summed E-state index contributed by atoms with van der Waals surface area (Å²) < 4.78 is 5.45. The number of ether oxygens (including phenoxy) is 1. The molecule has 84 valence electrons. The van der Waals surface area contributed by atoms with Gasteiger partial charge >= 0.3 is 0 Å². The lowest BCUT2D eigenvalue weighted by Gasteiger charge is -2.13. The molecule has 15 heavy (non-hydrogen) atoms. The molecule has 0 aliphatic rings. The number of hydrogen-bond donors (Lipinski definition) is 2. The second kappa shape index (κ2) is 6.24. The molecule has 1 unspecified atom stereocenters. The molecule has 0 saturated carbocycles. The van der Waals surface area contributed by atoms with Gasteiger partial charge in [-0.3, -0.25) is 0 Å². The third-order valence-electron chi connectivity index (χ3n) is 2.09. The fraction of sp³-hybridized carbons (Fsp3) is 0.545. The fourth-order valence-electron chi connectivity index (χ4n) is 1.15. The zero-order valence-corrected chi connectivity index (χ0v) is 9.36. The molecule has 1 aromatic heterocycles. The van der Waals surface area contributed by atoms with E-state index in [0.29, 0.717) is 19.1 Å². The van der Waals surface area contributed by atoms with Crippen molar-refractivity contribution in [2.45, 2.75) is 13.8 Å².